The van der Waals surface area contributed by atoms with Crippen LogP contribution in [0.3, 0.4) is 0 Å². The van der Waals surface area contributed by atoms with Crippen molar-refractivity contribution in [1.29, 1.82) is 0 Å². The number of unbranched alkanes of at least 4 members (excludes halogenated alkanes) is 2. The highest BCUT2D eigenvalue weighted by molar-refractivity contribution is 6.09. The molecular formula is C38H47N2O3+. The molecule has 5 heteroatoms. The number of carbonyl (C=O) groups is 1. The number of rotatable bonds is 7. The lowest BCUT2D eigenvalue weighted by atomic mass is 9.68. The zero-order valence-electron chi connectivity index (χ0n) is 26.8. The number of allylic oxidation sites excluding steroid dienone is 1. The molecule has 0 spiro atoms. The molecule has 0 aliphatic carbocycles. The minimum Gasteiger partial charge on any atom is -0.466 e. The van der Waals surface area contributed by atoms with Gasteiger partial charge in [0.25, 0.3) is 0 Å². The first kappa shape index (κ1) is 28.6. The summed E-state index contributed by atoms with van der Waals surface area (Å²) in [4.78, 5) is 14.5. The number of para-hydroxylation sites is 2. The molecule has 0 N–H and O–H groups in total. The molecule has 3 atom stereocenters. The minimum atomic E-state index is -0.107. The van der Waals surface area contributed by atoms with Crippen LogP contribution in [0.1, 0.15) is 91.2 Å². The molecule has 5 nitrogen and oxygen atoms in total. The van der Waals surface area contributed by atoms with E-state index in [1.54, 1.807) is 0 Å². The van der Waals surface area contributed by atoms with E-state index in [0.717, 1.165) is 45.2 Å². The monoisotopic (exact) mass is 579 g/mol. The van der Waals surface area contributed by atoms with Gasteiger partial charge in [-0.1, -0.05) is 63.1 Å². The summed E-state index contributed by atoms with van der Waals surface area (Å²) in [5.74, 6) is -0.0781. The molecule has 0 fully saturated rings. The van der Waals surface area contributed by atoms with E-state index < -0.39 is 0 Å². The van der Waals surface area contributed by atoms with Gasteiger partial charge in [0.05, 0.1) is 23.5 Å². The van der Waals surface area contributed by atoms with Crippen LogP contribution in [0.2, 0.25) is 0 Å². The van der Waals surface area contributed by atoms with Crippen molar-refractivity contribution in [1.82, 2.24) is 0 Å². The summed E-state index contributed by atoms with van der Waals surface area (Å²) >= 11 is 0. The lowest BCUT2D eigenvalue weighted by Gasteiger charge is -2.47. The Morgan fingerprint density at radius 1 is 1.00 bits per heavy atom. The molecule has 0 saturated heterocycles. The Morgan fingerprint density at radius 3 is 2.53 bits per heavy atom. The minimum absolute atomic E-state index is 0.0168. The number of nitrogens with zero attached hydrogens (tertiary/aromatic N) is 2. The van der Waals surface area contributed by atoms with Gasteiger partial charge in [0, 0.05) is 52.5 Å². The van der Waals surface area contributed by atoms with Crippen LogP contribution < -0.4 is 4.90 Å². The molecule has 3 unspecified atom stereocenters. The van der Waals surface area contributed by atoms with E-state index >= 15 is 0 Å². The Balaban J connectivity index is 1.32. The van der Waals surface area contributed by atoms with Crippen LogP contribution >= 0.6 is 0 Å². The maximum Gasteiger partial charge on any atom is 0.305 e. The van der Waals surface area contributed by atoms with Crippen molar-refractivity contribution in [2.24, 2.45) is 5.41 Å². The van der Waals surface area contributed by atoms with E-state index in [1.165, 1.54) is 45.1 Å². The van der Waals surface area contributed by atoms with Crippen molar-refractivity contribution in [2.75, 3.05) is 24.6 Å². The third-order valence-electron chi connectivity index (χ3n) is 10.9. The predicted octanol–water partition coefficient (Wildman–Crippen LogP) is 7.75. The number of ether oxygens (including phenoxy) is 2. The zero-order chi connectivity index (χ0) is 30.1. The van der Waals surface area contributed by atoms with Gasteiger partial charge < -0.3 is 14.4 Å². The van der Waals surface area contributed by atoms with Gasteiger partial charge in [-0.25, -0.2) is 0 Å². The summed E-state index contributed by atoms with van der Waals surface area (Å²) in [6, 6.07) is 18.0. The van der Waals surface area contributed by atoms with Crippen molar-refractivity contribution in [3.8, 4) is 0 Å². The first-order chi connectivity index (χ1) is 20.6. The largest absolute Gasteiger partial charge is 0.466 e. The van der Waals surface area contributed by atoms with E-state index in [0.29, 0.717) is 13.0 Å². The summed E-state index contributed by atoms with van der Waals surface area (Å²) in [6.45, 7) is 16.3. The van der Waals surface area contributed by atoms with Gasteiger partial charge in [-0.3, -0.25) is 4.79 Å². The van der Waals surface area contributed by atoms with Crippen molar-refractivity contribution >= 4 is 23.1 Å². The SMILES string of the molecule is CCOC(=O)CCCCCC1(C)C2=C3C=C4C5=[N+](CC(C)(C)C4OC3CCN2c2ccccc21)c1ccccc1C5(C)C. The van der Waals surface area contributed by atoms with E-state index in [2.05, 4.69) is 98.7 Å². The summed E-state index contributed by atoms with van der Waals surface area (Å²) < 4.78 is 15.0. The molecular weight excluding hydrogens is 532 g/mol. The Bertz CT molecular complexity index is 1580. The van der Waals surface area contributed by atoms with E-state index in [1.807, 2.05) is 6.92 Å². The van der Waals surface area contributed by atoms with E-state index in [9.17, 15) is 4.79 Å². The summed E-state index contributed by atoms with van der Waals surface area (Å²) in [6.07, 6.45) is 8.28. The Kier molecular flexibility index (Phi) is 6.77. The fourth-order valence-electron chi connectivity index (χ4n) is 8.97. The fourth-order valence-corrected chi connectivity index (χ4v) is 8.97. The van der Waals surface area contributed by atoms with Crippen LogP contribution in [0.15, 0.2) is 71.5 Å². The third kappa shape index (κ3) is 4.29. The molecule has 0 bridgehead atoms. The number of carbonyl (C=O) groups excluding carboxylic acids is 1. The Labute approximate surface area is 257 Å². The third-order valence-corrected chi connectivity index (χ3v) is 10.9. The van der Waals surface area contributed by atoms with Crippen LogP contribution in [-0.4, -0.2) is 48.2 Å². The van der Waals surface area contributed by atoms with Crippen LogP contribution in [0, 0.1) is 5.41 Å². The number of hydrogen-bond donors (Lipinski definition) is 0. The highest BCUT2D eigenvalue weighted by Gasteiger charge is 2.59. The fraction of sp³-hybridized carbons (Fsp3) is 0.526. The van der Waals surface area contributed by atoms with Gasteiger partial charge in [0.1, 0.15) is 6.10 Å². The molecule has 43 heavy (non-hydrogen) atoms. The van der Waals surface area contributed by atoms with Gasteiger partial charge in [0.2, 0.25) is 5.69 Å². The van der Waals surface area contributed by atoms with Crippen molar-refractivity contribution in [2.45, 2.75) is 103 Å². The molecule has 2 aromatic rings. The maximum absolute atomic E-state index is 11.9. The van der Waals surface area contributed by atoms with Gasteiger partial charge in [-0.15, -0.1) is 0 Å². The lowest BCUT2D eigenvalue weighted by Crippen LogP contribution is -2.54. The Morgan fingerprint density at radius 2 is 1.74 bits per heavy atom. The van der Waals surface area contributed by atoms with Gasteiger partial charge in [-0.05, 0) is 64.7 Å². The molecule has 0 amide bonds. The van der Waals surface area contributed by atoms with Gasteiger partial charge in [-0.2, -0.15) is 4.58 Å². The number of anilines is 1. The van der Waals surface area contributed by atoms with Crippen LogP contribution in [0.25, 0.3) is 0 Å². The summed E-state index contributed by atoms with van der Waals surface area (Å²) in [5.41, 5.74) is 10.9. The number of benzene rings is 2. The van der Waals surface area contributed by atoms with E-state index in [-0.39, 0.29) is 34.4 Å². The molecule has 7 rings (SSSR count). The smallest absolute Gasteiger partial charge is 0.305 e. The first-order valence-corrected chi connectivity index (χ1v) is 16.5. The number of esters is 1. The first-order valence-electron chi connectivity index (χ1n) is 16.5. The molecule has 5 aliphatic heterocycles. The number of hydrogen-bond acceptors (Lipinski definition) is 4. The molecule has 0 radical (unpaired) electrons. The molecule has 0 saturated carbocycles. The van der Waals surface area contributed by atoms with Crippen molar-refractivity contribution in [3.05, 3.63) is 82.6 Å². The standard InChI is InChI=1S/C38H47N2O3/c1-7-42-32(41)19-9-8-14-21-38(6)28-16-11-13-18-30(28)39-22-20-31-25(34(38)39)23-26-33-37(4,5)27-15-10-12-17-29(27)40(33)24-36(2,3)35(26)43-31/h10-13,15-18,23,31,35H,7-9,14,19-22,24H2,1-6H3/q+1. The predicted molar refractivity (Wildman–Crippen MR) is 172 cm³/mol. The van der Waals surface area contributed by atoms with Gasteiger partial charge in [0.15, 0.2) is 12.3 Å². The highest BCUT2D eigenvalue weighted by atomic mass is 16.5. The summed E-state index contributed by atoms with van der Waals surface area (Å²) in [5, 5.41) is 0. The molecule has 226 valence electrons. The second-order valence-corrected chi connectivity index (χ2v) is 14.6. The van der Waals surface area contributed by atoms with Crippen LogP contribution in [0.4, 0.5) is 11.4 Å². The van der Waals surface area contributed by atoms with Crippen LogP contribution in [-0.2, 0) is 25.1 Å². The van der Waals surface area contributed by atoms with Crippen molar-refractivity contribution < 1.29 is 18.8 Å². The Hall–Kier alpha value is -3.18. The van der Waals surface area contributed by atoms with Gasteiger partial charge >= 0.3 is 5.97 Å². The van der Waals surface area contributed by atoms with E-state index in [4.69, 9.17) is 9.47 Å². The molecule has 2 aromatic carbocycles. The van der Waals surface area contributed by atoms with Crippen molar-refractivity contribution in [3.63, 3.8) is 0 Å². The maximum atomic E-state index is 11.9. The zero-order valence-corrected chi connectivity index (χ0v) is 26.8. The molecule has 5 heterocycles. The normalized spacial score (nSPS) is 27.5. The number of fused-ring (bicyclic) bond motifs is 8. The highest BCUT2D eigenvalue weighted by Crippen LogP contribution is 2.57. The molecule has 0 aromatic heterocycles. The quantitative estimate of drug-likeness (QED) is 0.191. The second-order valence-electron chi connectivity index (χ2n) is 14.6. The summed E-state index contributed by atoms with van der Waals surface area (Å²) in [7, 11) is 0. The molecule has 5 aliphatic rings. The lowest BCUT2D eigenvalue weighted by molar-refractivity contribution is -0.466. The average Bonchev–Trinajstić information content (AvgIpc) is 3.37. The average molecular weight is 580 g/mol. The topological polar surface area (TPSA) is 41.8 Å². The second kappa shape index (κ2) is 10.2. The van der Waals surface area contributed by atoms with Crippen LogP contribution in [0.5, 0.6) is 0 Å².